The lowest BCUT2D eigenvalue weighted by Gasteiger charge is -2.44. The number of hydrogen-bond acceptors (Lipinski definition) is 4. The summed E-state index contributed by atoms with van der Waals surface area (Å²) in [4.78, 5) is 43.1. The Morgan fingerprint density at radius 1 is 0.963 bits per heavy atom. The Morgan fingerprint density at radius 2 is 1.67 bits per heavy atom. The van der Waals surface area contributed by atoms with Gasteiger partial charge in [-0.3, -0.25) is 14.4 Å². The van der Waals surface area contributed by atoms with Crippen molar-refractivity contribution in [3.8, 4) is 0 Å². The maximum absolute atomic E-state index is 12.6. The molecule has 150 valence electrons. The van der Waals surface area contributed by atoms with Crippen LogP contribution in [-0.2, 0) is 19.1 Å². The van der Waals surface area contributed by atoms with Gasteiger partial charge in [0.1, 0.15) is 0 Å². The summed E-state index contributed by atoms with van der Waals surface area (Å²) in [5, 5.41) is 0. The third-order valence-corrected chi connectivity index (χ3v) is 6.67. The zero-order valence-corrected chi connectivity index (χ0v) is 16.1. The van der Waals surface area contributed by atoms with Gasteiger partial charge in [0.2, 0.25) is 17.7 Å². The summed E-state index contributed by atoms with van der Waals surface area (Å²) >= 11 is 0. The normalized spacial score (nSPS) is 27.8. The van der Waals surface area contributed by atoms with E-state index in [0.717, 1.165) is 0 Å². The first-order valence-electron chi connectivity index (χ1n) is 10.6. The fourth-order valence-corrected chi connectivity index (χ4v) is 4.92. The standard InChI is InChI=1S/C20H31N3O4/c24-18(10-15-4-2-1-3-5-15)22-13-17(14-22)23-12-16(11-19(23)25)20(26)21-6-8-27-9-7-21/h15-17H,1-14H2. The molecule has 4 rings (SSSR count). The van der Waals surface area contributed by atoms with Gasteiger partial charge in [-0.2, -0.15) is 0 Å². The quantitative estimate of drug-likeness (QED) is 0.729. The van der Waals surface area contributed by atoms with Crippen LogP contribution in [0.2, 0.25) is 0 Å². The van der Waals surface area contributed by atoms with Gasteiger partial charge in [0.05, 0.1) is 25.2 Å². The average Bonchev–Trinajstić information content (AvgIpc) is 3.03. The number of likely N-dealkylation sites (tertiary alicyclic amines) is 2. The Balaban J connectivity index is 1.23. The summed E-state index contributed by atoms with van der Waals surface area (Å²) in [6, 6.07) is 0.0929. The molecule has 0 radical (unpaired) electrons. The van der Waals surface area contributed by atoms with Crippen molar-refractivity contribution in [2.45, 2.75) is 51.0 Å². The highest BCUT2D eigenvalue weighted by Gasteiger charge is 2.44. The van der Waals surface area contributed by atoms with Crippen molar-refractivity contribution in [1.82, 2.24) is 14.7 Å². The first-order chi connectivity index (χ1) is 13.1. The van der Waals surface area contributed by atoms with E-state index < -0.39 is 0 Å². The molecule has 3 heterocycles. The van der Waals surface area contributed by atoms with Crippen molar-refractivity contribution in [2.24, 2.45) is 11.8 Å². The number of morpholine rings is 1. The fourth-order valence-electron chi connectivity index (χ4n) is 4.92. The van der Waals surface area contributed by atoms with Crippen molar-refractivity contribution in [1.29, 1.82) is 0 Å². The topological polar surface area (TPSA) is 70.2 Å². The second-order valence-electron chi connectivity index (χ2n) is 8.55. The van der Waals surface area contributed by atoms with E-state index >= 15 is 0 Å². The zero-order chi connectivity index (χ0) is 18.8. The Kier molecular flexibility index (Phi) is 5.66. The monoisotopic (exact) mass is 377 g/mol. The molecular weight excluding hydrogens is 346 g/mol. The second-order valence-corrected chi connectivity index (χ2v) is 8.55. The highest BCUT2D eigenvalue weighted by molar-refractivity contribution is 5.89. The SMILES string of the molecule is O=C(CC1CCCCC1)N1CC(N2CC(C(=O)N3CCOCC3)CC2=O)C1. The molecule has 0 bridgehead atoms. The van der Waals surface area contributed by atoms with Gasteiger partial charge in [-0.1, -0.05) is 19.3 Å². The summed E-state index contributed by atoms with van der Waals surface area (Å²) in [5.74, 6) is 0.701. The Labute approximate surface area is 161 Å². The molecule has 0 aromatic carbocycles. The maximum atomic E-state index is 12.6. The van der Waals surface area contributed by atoms with Gasteiger partial charge in [0.25, 0.3) is 0 Å². The smallest absolute Gasteiger partial charge is 0.228 e. The van der Waals surface area contributed by atoms with Gasteiger partial charge >= 0.3 is 0 Å². The van der Waals surface area contributed by atoms with Crippen LogP contribution in [0.15, 0.2) is 0 Å². The first kappa shape index (κ1) is 18.7. The molecule has 0 N–H and O–H groups in total. The van der Waals surface area contributed by atoms with Crippen LogP contribution in [0, 0.1) is 11.8 Å². The Hall–Kier alpha value is -1.63. The summed E-state index contributed by atoms with van der Waals surface area (Å²) in [6.45, 7) is 4.18. The maximum Gasteiger partial charge on any atom is 0.228 e. The van der Waals surface area contributed by atoms with Crippen LogP contribution in [0.25, 0.3) is 0 Å². The van der Waals surface area contributed by atoms with E-state index in [1.807, 2.05) is 14.7 Å². The second kappa shape index (κ2) is 8.17. The number of carbonyl (C=O) groups excluding carboxylic acids is 3. The largest absolute Gasteiger partial charge is 0.378 e. The molecule has 0 aromatic heterocycles. The minimum absolute atomic E-state index is 0.0611. The molecule has 7 heteroatoms. The number of amides is 3. The summed E-state index contributed by atoms with van der Waals surface area (Å²) in [5.41, 5.74) is 0. The van der Waals surface area contributed by atoms with E-state index in [-0.39, 0.29) is 29.7 Å². The van der Waals surface area contributed by atoms with Gasteiger partial charge < -0.3 is 19.4 Å². The van der Waals surface area contributed by atoms with E-state index in [4.69, 9.17) is 4.74 Å². The lowest BCUT2D eigenvalue weighted by atomic mass is 9.86. The molecule has 7 nitrogen and oxygen atoms in total. The Morgan fingerprint density at radius 3 is 2.37 bits per heavy atom. The van der Waals surface area contributed by atoms with Gasteiger partial charge in [0, 0.05) is 45.6 Å². The highest BCUT2D eigenvalue weighted by atomic mass is 16.5. The average molecular weight is 377 g/mol. The lowest BCUT2D eigenvalue weighted by Crippen LogP contribution is -2.61. The lowest BCUT2D eigenvalue weighted by molar-refractivity contribution is -0.145. The summed E-state index contributed by atoms with van der Waals surface area (Å²) in [6.07, 6.45) is 7.14. The molecule has 1 unspecified atom stereocenters. The van der Waals surface area contributed by atoms with Crippen LogP contribution in [0.4, 0.5) is 0 Å². The van der Waals surface area contributed by atoms with Crippen molar-refractivity contribution < 1.29 is 19.1 Å². The van der Waals surface area contributed by atoms with Crippen LogP contribution >= 0.6 is 0 Å². The third kappa shape index (κ3) is 4.13. The molecule has 3 aliphatic heterocycles. The number of ether oxygens (including phenoxy) is 1. The minimum Gasteiger partial charge on any atom is -0.378 e. The van der Waals surface area contributed by atoms with Gasteiger partial charge in [-0.25, -0.2) is 0 Å². The fraction of sp³-hybridized carbons (Fsp3) is 0.850. The van der Waals surface area contributed by atoms with Crippen LogP contribution in [0.1, 0.15) is 44.9 Å². The molecule has 1 saturated carbocycles. The van der Waals surface area contributed by atoms with Gasteiger partial charge in [-0.05, 0) is 18.8 Å². The molecule has 1 aliphatic carbocycles. The first-order valence-corrected chi connectivity index (χ1v) is 10.6. The number of carbonyl (C=O) groups is 3. The predicted molar refractivity (Wildman–Crippen MR) is 98.8 cm³/mol. The third-order valence-electron chi connectivity index (χ3n) is 6.67. The van der Waals surface area contributed by atoms with Crippen LogP contribution in [-0.4, -0.2) is 84.4 Å². The van der Waals surface area contributed by atoms with E-state index in [0.29, 0.717) is 64.7 Å². The van der Waals surface area contributed by atoms with Crippen molar-refractivity contribution in [3.63, 3.8) is 0 Å². The zero-order valence-electron chi connectivity index (χ0n) is 16.1. The Bertz CT molecular complexity index is 578. The summed E-state index contributed by atoms with van der Waals surface area (Å²) < 4.78 is 5.30. The number of rotatable bonds is 4. The molecule has 4 aliphatic rings. The molecule has 3 saturated heterocycles. The van der Waals surface area contributed by atoms with E-state index in [1.165, 1.54) is 32.1 Å². The molecular formula is C20H31N3O4. The number of hydrogen-bond donors (Lipinski definition) is 0. The van der Waals surface area contributed by atoms with Gasteiger partial charge in [0.15, 0.2) is 0 Å². The molecule has 3 amide bonds. The van der Waals surface area contributed by atoms with E-state index in [1.54, 1.807) is 0 Å². The highest BCUT2D eigenvalue weighted by Crippen LogP contribution is 2.30. The van der Waals surface area contributed by atoms with Crippen LogP contribution < -0.4 is 0 Å². The van der Waals surface area contributed by atoms with E-state index in [2.05, 4.69) is 0 Å². The van der Waals surface area contributed by atoms with Crippen LogP contribution in [0.3, 0.4) is 0 Å². The minimum atomic E-state index is -0.234. The molecule has 4 fully saturated rings. The molecule has 1 atom stereocenters. The molecule has 0 spiro atoms. The summed E-state index contributed by atoms with van der Waals surface area (Å²) in [7, 11) is 0. The molecule has 27 heavy (non-hydrogen) atoms. The van der Waals surface area contributed by atoms with Gasteiger partial charge in [-0.15, -0.1) is 0 Å². The van der Waals surface area contributed by atoms with Crippen molar-refractivity contribution in [3.05, 3.63) is 0 Å². The molecule has 0 aromatic rings. The van der Waals surface area contributed by atoms with Crippen molar-refractivity contribution in [2.75, 3.05) is 45.9 Å². The van der Waals surface area contributed by atoms with Crippen LogP contribution in [0.5, 0.6) is 0 Å². The van der Waals surface area contributed by atoms with E-state index in [9.17, 15) is 14.4 Å². The number of nitrogens with zero attached hydrogens (tertiary/aromatic N) is 3. The predicted octanol–water partition coefficient (Wildman–Crippen LogP) is 0.875. The van der Waals surface area contributed by atoms with Crippen molar-refractivity contribution >= 4 is 17.7 Å².